The van der Waals surface area contributed by atoms with Crippen LogP contribution in [-0.4, -0.2) is 21.5 Å². The van der Waals surface area contributed by atoms with Gasteiger partial charge in [0.25, 0.3) is 8.32 Å². The molecule has 0 aliphatic rings. The van der Waals surface area contributed by atoms with Crippen LogP contribution in [0.25, 0.3) is 0 Å². The Labute approximate surface area is 190 Å². The van der Waals surface area contributed by atoms with E-state index in [0.717, 1.165) is 6.42 Å². The smallest absolute Gasteiger partial charge is 0.261 e. The molecular formula is C25H30ClFN2OSi. The monoisotopic (exact) mass is 456 g/mol. The molecule has 0 saturated carbocycles. The van der Waals surface area contributed by atoms with Crippen molar-refractivity contribution in [3.63, 3.8) is 0 Å². The zero-order chi connectivity index (χ0) is 22.5. The number of anilines is 2. The summed E-state index contributed by atoms with van der Waals surface area (Å²) in [5.74, 6) is -0.514. The van der Waals surface area contributed by atoms with Crippen molar-refractivity contribution in [1.29, 1.82) is 0 Å². The van der Waals surface area contributed by atoms with Crippen molar-refractivity contribution < 1.29 is 8.82 Å². The van der Waals surface area contributed by atoms with Gasteiger partial charge in [-0.05, 0) is 27.9 Å². The van der Waals surface area contributed by atoms with Gasteiger partial charge in [-0.1, -0.05) is 93.0 Å². The predicted molar refractivity (Wildman–Crippen MR) is 133 cm³/mol. The average Bonchev–Trinajstić information content (AvgIpc) is 2.74. The SMILES string of the molecule is CC(C)(C)[Si](OCCCNc1cc(Cl)c(F)cc1N)(c1ccccc1)c1ccccc1. The number of hydrogen-bond donors (Lipinski definition) is 2. The first-order chi connectivity index (χ1) is 14.8. The first-order valence-corrected chi connectivity index (χ1v) is 12.8. The molecule has 0 aliphatic carbocycles. The molecule has 0 fully saturated rings. The summed E-state index contributed by atoms with van der Waals surface area (Å²) in [5, 5.41) is 5.76. The first kappa shape index (κ1) is 23.3. The summed E-state index contributed by atoms with van der Waals surface area (Å²) >= 11 is 5.88. The highest BCUT2D eigenvalue weighted by Crippen LogP contribution is 2.36. The minimum atomic E-state index is -2.53. The van der Waals surface area contributed by atoms with Crippen molar-refractivity contribution in [1.82, 2.24) is 0 Å². The molecule has 31 heavy (non-hydrogen) atoms. The van der Waals surface area contributed by atoms with Gasteiger partial charge in [-0.25, -0.2) is 4.39 Å². The van der Waals surface area contributed by atoms with Gasteiger partial charge in [0.2, 0.25) is 0 Å². The van der Waals surface area contributed by atoms with Crippen LogP contribution in [0.2, 0.25) is 10.1 Å². The zero-order valence-corrected chi connectivity index (χ0v) is 20.0. The summed E-state index contributed by atoms with van der Waals surface area (Å²) in [7, 11) is -2.53. The fourth-order valence-electron chi connectivity index (χ4n) is 4.00. The van der Waals surface area contributed by atoms with E-state index in [-0.39, 0.29) is 10.1 Å². The molecule has 0 saturated heterocycles. The molecule has 0 spiro atoms. The van der Waals surface area contributed by atoms with Gasteiger partial charge in [-0.2, -0.15) is 0 Å². The van der Waals surface area contributed by atoms with Gasteiger partial charge >= 0.3 is 0 Å². The van der Waals surface area contributed by atoms with E-state index in [9.17, 15) is 4.39 Å². The topological polar surface area (TPSA) is 47.3 Å². The van der Waals surface area contributed by atoms with Crippen LogP contribution >= 0.6 is 11.6 Å². The van der Waals surface area contributed by atoms with E-state index in [1.807, 2.05) is 12.1 Å². The molecule has 3 N–H and O–H groups in total. The van der Waals surface area contributed by atoms with Gasteiger partial charge in [0.15, 0.2) is 0 Å². The van der Waals surface area contributed by atoms with Gasteiger partial charge in [-0.3, -0.25) is 0 Å². The Balaban J connectivity index is 1.78. The molecule has 0 aromatic heterocycles. The summed E-state index contributed by atoms with van der Waals surface area (Å²) in [4.78, 5) is 0. The quantitative estimate of drug-likeness (QED) is 0.269. The number of nitrogens with one attached hydrogen (secondary N) is 1. The van der Waals surface area contributed by atoms with Gasteiger partial charge in [-0.15, -0.1) is 0 Å². The molecule has 3 aromatic carbocycles. The molecule has 0 aliphatic heterocycles. The van der Waals surface area contributed by atoms with Crippen LogP contribution in [-0.2, 0) is 4.43 Å². The lowest BCUT2D eigenvalue weighted by Crippen LogP contribution is -2.66. The second-order valence-electron chi connectivity index (χ2n) is 8.65. The summed E-state index contributed by atoms with van der Waals surface area (Å²) < 4.78 is 20.4. The summed E-state index contributed by atoms with van der Waals surface area (Å²) in [5.41, 5.74) is 6.88. The first-order valence-electron chi connectivity index (χ1n) is 10.5. The van der Waals surface area contributed by atoms with Crippen LogP contribution in [0.3, 0.4) is 0 Å². The molecule has 0 unspecified atom stereocenters. The minimum Gasteiger partial charge on any atom is -0.407 e. The molecule has 3 nitrogen and oxygen atoms in total. The Morgan fingerprint density at radius 1 is 0.968 bits per heavy atom. The Kier molecular flexibility index (Phi) is 7.41. The Bertz CT molecular complexity index is 954. The fourth-order valence-corrected chi connectivity index (χ4v) is 8.77. The Hall–Kier alpha value is -2.34. The van der Waals surface area contributed by atoms with Crippen molar-refractivity contribution in [3.05, 3.63) is 83.6 Å². The summed E-state index contributed by atoms with van der Waals surface area (Å²) in [6, 6.07) is 23.9. The van der Waals surface area contributed by atoms with E-state index in [1.54, 1.807) is 0 Å². The van der Waals surface area contributed by atoms with E-state index < -0.39 is 14.1 Å². The molecule has 0 radical (unpaired) electrons. The zero-order valence-electron chi connectivity index (χ0n) is 18.3. The number of nitrogens with two attached hydrogens (primary N) is 1. The maximum Gasteiger partial charge on any atom is 0.261 e. The highest BCUT2D eigenvalue weighted by Gasteiger charge is 2.49. The molecule has 6 heteroatoms. The van der Waals surface area contributed by atoms with E-state index >= 15 is 0 Å². The number of nitrogen functional groups attached to an aromatic ring is 1. The third-order valence-corrected chi connectivity index (χ3v) is 10.8. The van der Waals surface area contributed by atoms with E-state index in [4.69, 9.17) is 21.8 Å². The molecule has 0 amide bonds. The number of hydrogen-bond acceptors (Lipinski definition) is 3. The van der Waals surface area contributed by atoms with E-state index in [0.29, 0.717) is 24.5 Å². The van der Waals surface area contributed by atoms with Crippen molar-refractivity contribution >= 4 is 41.7 Å². The normalized spacial score (nSPS) is 12.0. The molecule has 3 aromatic rings. The van der Waals surface area contributed by atoms with Gasteiger partial charge in [0, 0.05) is 19.2 Å². The number of benzene rings is 3. The molecule has 164 valence electrons. The van der Waals surface area contributed by atoms with Crippen LogP contribution < -0.4 is 21.4 Å². The van der Waals surface area contributed by atoms with Crippen LogP contribution in [0.15, 0.2) is 72.8 Å². The van der Waals surface area contributed by atoms with Crippen LogP contribution in [0.5, 0.6) is 0 Å². The lowest BCUT2D eigenvalue weighted by Gasteiger charge is -2.43. The van der Waals surface area contributed by atoms with Crippen molar-refractivity contribution in [3.8, 4) is 0 Å². The maximum atomic E-state index is 13.5. The lowest BCUT2D eigenvalue weighted by molar-refractivity contribution is 0.295. The van der Waals surface area contributed by atoms with Crippen LogP contribution in [0.1, 0.15) is 27.2 Å². The van der Waals surface area contributed by atoms with Gasteiger partial charge in [0.05, 0.1) is 16.4 Å². The highest BCUT2D eigenvalue weighted by atomic mass is 35.5. The largest absolute Gasteiger partial charge is 0.407 e. The molecule has 0 bridgehead atoms. The number of halogens is 2. The van der Waals surface area contributed by atoms with Gasteiger partial charge < -0.3 is 15.5 Å². The third-order valence-electron chi connectivity index (χ3n) is 5.46. The minimum absolute atomic E-state index is 0.0558. The van der Waals surface area contributed by atoms with Crippen LogP contribution in [0, 0.1) is 5.82 Å². The van der Waals surface area contributed by atoms with Crippen LogP contribution in [0.4, 0.5) is 15.8 Å². The average molecular weight is 457 g/mol. The molecular weight excluding hydrogens is 427 g/mol. The molecule has 0 heterocycles. The highest BCUT2D eigenvalue weighted by molar-refractivity contribution is 6.99. The summed E-state index contributed by atoms with van der Waals surface area (Å²) in [6.45, 7) is 8.02. The van der Waals surface area contributed by atoms with Gasteiger partial charge in [0.1, 0.15) is 5.82 Å². The predicted octanol–water partition coefficient (Wildman–Crippen LogP) is 5.44. The van der Waals surface area contributed by atoms with Crippen molar-refractivity contribution in [2.45, 2.75) is 32.2 Å². The Morgan fingerprint density at radius 2 is 1.52 bits per heavy atom. The number of rotatable bonds is 8. The maximum absolute atomic E-state index is 13.5. The van der Waals surface area contributed by atoms with E-state index in [2.05, 4.69) is 74.6 Å². The lowest BCUT2D eigenvalue weighted by atomic mass is 10.2. The second kappa shape index (κ2) is 9.85. The fraction of sp³-hybridized carbons (Fsp3) is 0.280. The second-order valence-corrected chi connectivity index (χ2v) is 13.4. The molecule has 3 rings (SSSR count). The van der Waals surface area contributed by atoms with E-state index in [1.165, 1.54) is 22.5 Å². The van der Waals surface area contributed by atoms with Crippen molar-refractivity contribution in [2.75, 3.05) is 24.2 Å². The standard InChI is InChI=1S/C25H30ClFN2OSi/c1-25(2,3)31(19-11-6-4-7-12-19,20-13-8-5-9-14-20)30-16-10-15-29-24-17-21(26)22(27)18-23(24)28/h4-9,11-14,17-18,29H,10,15-16,28H2,1-3H3. The third kappa shape index (κ3) is 5.12. The summed E-state index contributed by atoms with van der Waals surface area (Å²) in [6.07, 6.45) is 0.777. The molecule has 0 atom stereocenters. The van der Waals surface area contributed by atoms with Crippen molar-refractivity contribution in [2.24, 2.45) is 0 Å². The Morgan fingerprint density at radius 3 is 2.03 bits per heavy atom.